The Bertz CT molecular complexity index is 341. The van der Waals surface area contributed by atoms with Crippen molar-refractivity contribution < 1.29 is 0 Å². The Morgan fingerprint density at radius 2 is 1.28 bits per heavy atom. The van der Waals surface area contributed by atoms with Crippen LogP contribution in [0, 0.1) is 16.7 Å². The summed E-state index contributed by atoms with van der Waals surface area (Å²) < 4.78 is -1.30. The molecule has 2 fully saturated rings. The molecule has 18 heavy (non-hydrogen) atoms. The van der Waals surface area contributed by atoms with Crippen molar-refractivity contribution in [1.82, 2.24) is 0 Å². The molecular weight excluding hydrogens is 404 g/mol. The average molecular weight is 414 g/mol. The molecule has 2 unspecified atom stereocenters. The summed E-state index contributed by atoms with van der Waals surface area (Å²) in [7, 11) is 0. The number of hydrogen-bond donors (Lipinski definition) is 0. The minimum atomic E-state index is -1.30. The summed E-state index contributed by atoms with van der Waals surface area (Å²) in [5.41, 5.74) is -1.56. The maximum Gasteiger partial charge on any atom is 0.143 e. The zero-order valence-electron chi connectivity index (χ0n) is 8.95. The first-order chi connectivity index (χ1) is 8.28. The van der Waals surface area contributed by atoms with E-state index >= 15 is 0 Å². The normalized spacial score (nSPS) is 48.7. The van der Waals surface area contributed by atoms with Crippen LogP contribution in [0.15, 0.2) is 0 Å². The third kappa shape index (κ3) is 1.56. The fraction of sp³-hybridized carbons (Fsp3) is 1.00. The van der Waals surface area contributed by atoms with Crippen molar-refractivity contribution in [2.75, 3.05) is 17.6 Å². The van der Waals surface area contributed by atoms with Gasteiger partial charge in [0.25, 0.3) is 0 Å². The van der Waals surface area contributed by atoms with Crippen LogP contribution in [0.2, 0.25) is 0 Å². The molecule has 2 aliphatic rings. The lowest BCUT2D eigenvalue weighted by Gasteiger charge is -2.47. The quantitative estimate of drug-likeness (QED) is 0.550. The highest BCUT2D eigenvalue weighted by Crippen LogP contribution is 2.77. The molecule has 2 bridgehead atoms. The molecule has 0 aromatic rings. The molecule has 5 atom stereocenters. The van der Waals surface area contributed by atoms with Crippen LogP contribution in [-0.4, -0.2) is 38.1 Å². The molecule has 0 saturated heterocycles. The molecule has 0 spiro atoms. The molecule has 106 valence electrons. The lowest BCUT2D eigenvalue weighted by molar-refractivity contribution is 0.160. The summed E-state index contributed by atoms with van der Waals surface area (Å²) in [5, 5.41) is -1.52. The van der Waals surface area contributed by atoms with Gasteiger partial charge in [-0.2, -0.15) is 0 Å². The van der Waals surface area contributed by atoms with Gasteiger partial charge in [-0.1, -0.05) is 23.2 Å². The second-order valence-corrected chi connectivity index (χ2v) is 8.56. The zero-order chi connectivity index (χ0) is 13.9. The second-order valence-electron chi connectivity index (χ2n) is 4.93. The zero-order valence-corrected chi connectivity index (χ0v) is 15.0. The third-order valence-corrected chi connectivity index (χ3v) is 9.20. The van der Waals surface area contributed by atoms with Crippen LogP contribution in [-0.2, 0) is 0 Å². The Balaban J connectivity index is 2.70. The predicted octanol–water partition coefficient (Wildman–Crippen LogP) is 5.32. The molecule has 0 aromatic heterocycles. The van der Waals surface area contributed by atoms with Crippen LogP contribution in [0.1, 0.15) is 0 Å². The van der Waals surface area contributed by atoms with E-state index in [1.165, 1.54) is 0 Å². The first-order valence-electron chi connectivity index (χ1n) is 5.26. The van der Waals surface area contributed by atoms with Gasteiger partial charge in [-0.25, -0.2) is 0 Å². The SMILES string of the molecule is ClCC1(CCl)C2[C@H](Cl)[C@@H](Cl)C1(CCl)C(Cl)(Cl)[C@H]2Cl. The molecule has 0 amide bonds. The Hall–Kier alpha value is 2.32. The van der Waals surface area contributed by atoms with Crippen molar-refractivity contribution in [1.29, 1.82) is 0 Å². The van der Waals surface area contributed by atoms with Crippen LogP contribution in [0.25, 0.3) is 0 Å². The Labute approximate surface area is 146 Å². The summed E-state index contributed by atoms with van der Waals surface area (Å²) in [5.74, 6) is 0.263. The van der Waals surface area contributed by atoms with Crippen LogP contribution >= 0.6 is 92.8 Å². The van der Waals surface area contributed by atoms with Gasteiger partial charge in [0.2, 0.25) is 0 Å². The summed E-state index contributed by atoms with van der Waals surface area (Å²) in [4.78, 5) is 0. The van der Waals surface area contributed by atoms with Crippen molar-refractivity contribution in [2.24, 2.45) is 16.7 Å². The highest BCUT2D eigenvalue weighted by Gasteiger charge is 2.83. The smallest absolute Gasteiger partial charge is 0.126 e. The third-order valence-electron chi connectivity index (χ3n) is 4.56. The molecule has 0 aliphatic heterocycles. The standard InChI is InChI=1S/C10H10Cl8/c11-1-8(2-12)4-5(14)7(16)9(8,3-13)10(17,18)6(4)15/h4-7H,1-3H2/t4?,5-,6-,7+,9?/m0/s1. The first kappa shape index (κ1) is 16.7. The van der Waals surface area contributed by atoms with Crippen molar-refractivity contribution in [3.05, 3.63) is 0 Å². The van der Waals surface area contributed by atoms with E-state index in [4.69, 9.17) is 92.8 Å². The molecule has 2 saturated carbocycles. The second kappa shape index (κ2) is 5.20. The van der Waals surface area contributed by atoms with E-state index in [1.54, 1.807) is 0 Å². The number of halogens is 8. The number of fused-ring (bicyclic) bond motifs is 2. The maximum absolute atomic E-state index is 6.46. The Kier molecular flexibility index (Phi) is 4.82. The molecule has 2 rings (SSSR count). The largest absolute Gasteiger partial charge is 0.143 e. The first-order valence-corrected chi connectivity index (χ1v) is 8.93. The number of hydrogen-bond acceptors (Lipinski definition) is 0. The lowest BCUT2D eigenvalue weighted by atomic mass is 9.70. The molecule has 0 radical (unpaired) electrons. The minimum Gasteiger partial charge on any atom is -0.126 e. The molecule has 0 N–H and O–H groups in total. The van der Waals surface area contributed by atoms with Gasteiger partial charge in [0, 0.05) is 34.4 Å². The fourth-order valence-corrected chi connectivity index (χ4v) is 8.51. The van der Waals surface area contributed by atoms with Gasteiger partial charge in [0.1, 0.15) is 4.33 Å². The van der Waals surface area contributed by atoms with E-state index in [-0.39, 0.29) is 23.6 Å². The van der Waals surface area contributed by atoms with Crippen molar-refractivity contribution in [2.45, 2.75) is 20.5 Å². The van der Waals surface area contributed by atoms with Crippen LogP contribution < -0.4 is 0 Å². The predicted molar refractivity (Wildman–Crippen MR) is 83.9 cm³/mol. The van der Waals surface area contributed by atoms with Crippen LogP contribution in [0.3, 0.4) is 0 Å². The molecule has 0 heterocycles. The number of alkyl halides is 8. The van der Waals surface area contributed by atoms with Crippen LogP contribution in [0.4, 0.5) is 0 Å². The van der Waals surface area contributed by atoms with Crippen molar-refractivity contribution in [3.8, 4) is 0 Å². The van der Waals surface area contributed by atoms with E-state index in [2.05, 4.69) is 0 Å². The van der Waals surface area contributed by atoms with Gasteiger partial charge in [-0.05, 0) is 0 Å². The molecule has 8 heteroatoms. The number of rotatable bonds is 3. The highest BCUT2D eigenvalue weighted by atomic mass is 35.5. The van der Waals surface area contributed by atoms with Gasteiger partial charge >= 0.3 is 0 Å². The molecule has 2 aliphatic carbocycles. The maximum atomic E-state index is 6.46. The Morgan fingerprint density at radius 1 is 0.778 bits per heavy atom. The lowest BCUT2D eigenvalue weighted by Crippen LogP contribution is -2.56. The molecule has 0 aromatic carbocycles. The molecular formula is C10H10Cl8. The van der Waals surface area contributed by atoms with Crippen LogP contribution in [0.5, 0.6) is 0 Å². The minimum absolute atomic E-state index is 0.108. The average Bonchev–Trinajstić information content (AvgIpc) is 2.63. The fourth-order valence-electron chi connectivity index (χ4n) is 3.51. The van der Waals surface area contributed by atoms with E-state index in [0.717, 1.165) is 0 Å². The van der Waals surface area contributed by atoms with E-state index in [0.29, 0.717) is 0 Å². The molecule has 0 nitrogen and oxygen atoms in total. The summed E-state index contributed by atoms with van der Waals surface area (Å²) >= 11 is 50.6. The van der Waals surface area contributed by atoms with E-state index in [9.17, 15) is 0 Å². The van der Waals surface area contributed by atoms with E-state index < -0.39 is 31.3 Å². The van der Waals surface area contributed by atoms with Crippen molar-refractivity contribution in [3.63, 3.8) is 0 Å². The topological polar surface area (TPSA) is 0 Å². The highest BCUT2D eigenvalue weighted by molar-refractivity contribution is 6.55. The van der Waals surface area contributed by atoms with Crippen molar-refractivity contribution >= 4 is 92.8 Å². The van der Waals surface area contributed by atoms with Gasteiger partial charge in [0.05, 0.1) is 16.1 Å². The van der Waals surface area contributed by atoms with Gasteiger partial charge in [0.15, 0.2) is 0 Å². The van der Waals surface area contributed by atoms with Gasteiger partial charge in [-0.3, -0.25) is 0 Å². The van der Waals surface area contributed by atoms with E-state index in [1.807, 2.05) is 0 Å². The monoisotopic (exact) mass is 410 g/mol. The summed E-state index contributed by atoms with van der Waals surface area (Å²) in [6, 6.07) is 0. The van der Waals surface area contributed by atoms with Gasteiger partial charge in [-0.15, -0.1) is 69.6 Å². The Morgan fingerprint density at radius 3 is 1.61 bits per heavy atom. The summed E-state index contributed by atoms with van der Waals surface area (Å²) in [6.07, 6.45) is 0. The van der Waals surface area contributed by atoms with Gasteiger partial charge < -0.3 is 0 Å². The summed E-state index contributed by atoms with van der Waals surface area (Å²) in [6.45, 7) is 0.